The van der Waals surface area contributed by atoms with Gasteiger partial charge in [0.25, 0.3) is 5.91 Å². The van der Waals surface area contributed by atoms with Crippen molar-refractivity contribution in [2.24, 2.45) is 5.73 Å². The molecule has 1 aliphatic heterocycles. The quantitative estimate of drug-likeness (QED) is 0.753. The summed E-state index contributed by atoms with van der Waals surface area (Å²) in [6, 6.07) is 1.84. The Morgan fingerprint density at radius 3 is 3.07 bits per heavy atom. The molecule has 4 heteroatoms. The normalized spacial score (nSPS) is 21.7. The second kappa shape index (κ2) is 4.06. The average Bonchev–Trinajstić information content (AvgIpc) is 2.63. The Bertz CT molecular complexity index is 359. The Balaban J connectivity index is 2.11. The van der Waals surface area contributed by atoms with Gasteiger partial charge in [0.1, 0.15) is 5.76 Å². The Kier molecular flexibility index (Phi) is 2.77. The van der Waals surface area contributed by atoms with Crippen molar-refractivity contribution in [2.45, 2.75) is 25.8 Å². The number of amides is 1. The average molecular weight is 208 g/mol. The van der Waals surface area contributed by atoms with Crippen molar-refractivity contribution in [3.8, 4) is 0 Å². The number of rotatable bonds is 1. The van der Waals surface area contributed by atoms with E-state index in [-0.39, 0.29) is 11.9 Å². The number of hydrogen-bond acceptors (Lipinski definition) is 3. The Hall–Kier alpha value is -1.29. The molecule has 1 amide bonds. The number of hydrogen-bond donors (Lipinski definition) is 1. The lowest BCUT2D eigenvalue weighted by Gasteiger charge is -2.30. The van der Waals surface area contributed by atoms with Gasteiger partial charge in [0.2, 0.25) is 0 Å². The van der Waals surface area contributed by atoms with E-state index in [0.717, 1.165) is 19.4 Å². The van der Waals surface area contributed by atoms with Gasteiger partial charge in [0.05, 0.1) is 11.8 Å². The number of nitrogens with zero attached hydrogens (tertiary/aromatic N) is 1. The van der Waals surface area contributed by atoms with Crippen molar-refractivity contribution in [3.63, 3.8) is 0 Å². The van der Waals surface area contributed by atoms with Crippen molar-refractivity contribution < 1.29 is 9.21 Å². The summed E-state index contributed by atoms with van der Waals surface area (Å²) in [5, 5.41) is 0. The zero-order valence-corrected chi connectivity index (χ0v) is 8.90. The molecule has 1 saturated heterocycles. The zero-order chi connectivity index (χ0) is 10.8. The molecule has 2 N–H and O–H groups in total. The zero-order valence-electron chi connectivity index (χ0n) is 8.90. The molecular weight excluding hydrogens is 192 g/mol. The van der Waals surface area contributed by atoms with Crippen LogP contribution in [0, 0.1) is 6.92 Å². The molecule has 1 atom stereocenters. The lowest BCUT2D eigenvalue weighted by Crippen LogP contribution is -2.45. The predicted molar refractivity (Wildman–Crippen MR) is 56.6 cm³/mol. The maximum Gasteiger partial charge on any atom is 0.257 e. The molecule has 2 rings (SSSR count). The van der Waals surface area contributed by atoms with E-state index in [2.05, 4.69) is 0 Å². The smallest absolute Gasteiger partial charge is 0.257 e. The van der Waals surface area contributed by atoms with Gasteiger partial charge in [-0.05, 0) is 25.8 Å². The van der Waals surface area contributed by atoms with Crippen LogP contribution in [0.1, 0.15) is 29.0 Å². The summed E-state index contributed by atoms with van der Waals surface area (Å²) in [7, 11) is 0. The van der Waals surface area contributed by atoms with Gasteiger partial charge in [-0.3, -0.25) is 4.79 Å². The molecule has 0 radical (unpaired) electrons. The summed E-state index contributed by atoms with van der Waals surface area (Å²) in [6.45, 7) is 3.26. The van der Waals surface area contributed by atoms with Crippen LogP contribution in [-0.2, 0) is 0 Å². The van der Waals surface area contributed by atoms with E-state index in [9.17, 15) is 4.79 Å². The number of nitrogens with two attached hydrogens (primary N) is 1. The van der Waals surface area contributed by atoms with Crippen LogP contribution in [-0.4, -0.2) is 29.9 Å². The molecule has 1 aromatic rings. The van der Waals surface area contributed by atoms with Crippen LogP contribution in [0.4, 0.5) is 0 Å². The van der Waals surface area contributed by atoms with Crippen LogP contribution >= 0.6 is 0 Å². The minimum atomic E-state index is 0.0383. The standard InChI is InChI=1S/C11H16N2O2/c1-8-10(4-6-15-8)11(14)13-5-2-3-9(12)7-13/h4,6,9H,2-3,5,7,12H2,1H3/t9-/m1/s1. The highest BCUT2D eigenvalue weighted by atomic mass is 16.3. The SMILES string of the molecule is Cc1occc1C(=O)N1CCC[C@@H](N)C1. The molecule has 82 valence electrons. The van der Waals surface area contributed by atoms with Gasteiger partial charge in [-0.2, -0.15) is 0 Å². The molecule has 15 heavy (non-hydrogen) atoms. The Morgan fingerprint density at radius 2 is 2.47 bits per heavy atom. The third-order valence-electron chi connectivity index (χ3n) is 2.83. The van der Waals surface area contributed by atoms with Crippen LogP contribution in [0.3, 0.4) is 0 Å². The molecule has 1 fully saturated rings. The number of piperidine rings is 1. The van der Waals surface area contributed by atoms with Crippen molar-refractivity contribution >= 4 is 5.91 Å². The predicted octanol–water partition coefficient (Wildman–Crippen LogP) is 1.15. The Morgan fingerprint density at radius 1 is 1.67 bits per heavy atom. The highest BCUT2D eigenvalue weighted by Gasteiger charge is 2.24. The number of aryl methyl sites for hydroxylation is 1. The van der Waals surface area contributed by atoms with Crippen LogP contribution in [0.5, 0.6) is 0 Å². The first-order valence-corrected chi connectivity index (χ1v) is 5.27. The van der Waals surface area contributed by atoms with E-state index in [1.54, 1.807) is 19.3 Å². The molecule has 4 nitrogen and oxygen atoms in total. The molecule has 0 aromatic carbocycles. The highest BCUT2D eigenvalue weighted by Crippen LogP contribution is 2.15. The van der Waals surface area contributed by atoms with Crippen molar-refractivity contribution in [3.05, 3.63) is 23.7 Å². The molecule has 1 aromatic heterocycles. The summed E-state index contributed by atoms with van der Waals surface area (Å²) < 4.78 is 5.12. The molecule has 2 heterocycles. The summed E-state index contributed by atoms with van der Waals surface area (Å²) in [6.07, 6.45) is 3.55. The minimum absolute atomic E-state index is 0.0383. The van der Waals surface area contributed by atoms with Crippen LogP contribution in [0.15, 0.2) is 16.7 Å². The fourth-order valence-corrected chi connectivity index (χ4v) is 1.97. The maximum atomic E-state index is 12.0. The molecule has 0 saturated carbocycles. The third-order valence-corrected chi connectivity index (χ3v) is 2.83. The lowest BCUT2D eigenvalue weighted by atomic mass is 10.1. The fourth-order valence-electron chi connectivity index (χ4n) is 1.97. The van der Waals surface area contributed by atoms with Crippen molar-refractivity contribution in [1.82, 2.24) is 4.90 Å². The fraction of sp³-hybridized carbons (Fsp3) is 0.545. The van der Waals surface area contributed by atoms with Crippen LogP contribution in [0.25, 0.3) is 0 Å². The van der Waals surface area contributed by atoms with E-state index < -0.39 is 0 Å². The van der Waals surface area contributed by atoms with Crippen molar-refractivity contribution in [1.29, 1.82) is 0 Å². The monoisotopic (exact) mass is 208 g/mol. The van der Waals surface area contributed by atoms with Gasteiger partial charge in [0.15, 0.2) is 0 Å². The van der Waals surface area contributed by atoms with Crippen LogP contribution in [0.2, 0.25) is 0 Å². The lowest BCUT2D eigenvalue weighted by molar-refractivity contribution is 0.0707. The second-order valence-electron chi connectivity index (χ2n) is 4.04. The number of carbonyl (C=O) groups is 1. The largest absolute Gasteiger partial charge is 0.469 e. The third kappa shape index (κ3) is 2.04. The molecule has 0 spiro atoms. The van der Waals surface area contributed by atoms with Crippen LogP contribution < -0.4 is 5.73 Å². The van der Waals surface area contributed by atoms with Gasteiger partial charge in [-0.15, -0.1) is 0 Å². The molecule has 1 aliphatic rings. The maximum absolute atomic E-state index is 12.0. The highest BCUT2D eigenvalue weighted by molar-refractivity contribution is 5.95. The van der Waals surface area contributed by atoms with Crippen molar-refractivity contribution in [2.75, 3.05) is 13.1 Å². The summed E-state index contributed by atoms with van der Waals surface area (Å²) in [4.78, 5) is 13.8. The minimum Gasteiger partial charge on any atom is -0.469 e. The summed E-state index contributed by atoms with van der Waals surface area (Å²) in [5.41, 5.74) is 6.49. The molecule has 0 bridgehead atoms. The summed E-state index contributed by atoms with van der Waals surface area (Å²) in [5.74, 6) is 0.718. The van der Waals surface area contributed by atoms with E-state index in [0.29, 0.717) is 17.9 Å². The molecular formula is C11H16N2O2. The van der Waals surface area contributed by atoms with E-state index in [1.807, 2.05) is 4.90 Å². The van der Waals surface area contributed by atoms with Gasteiger partial charge in [-0.25, -0.2) is 0 Å². The van der Waals surface area contributed by atoms with Gasteiger partial charge in [0, 0.05) is 19.1 Å². The summed E-state index contributed by atoms with van der Waals surface area (Å²) >= 11 is 0. The van der Waals surface area contributed by atoms with E-state index in [4.69, 9.17) is 10.2 Å². The molecule has 0 aliphatic carbocycles. The van der Waals surface area contributed by atoms with Gasteiger partial charge < -0.3 is 15.1 Å². The topological polar surface area (TPSA) is 59.5 Å². The van der Waals surface area contributed by atoms with Gasteiger partial charge >= 0.3 is 0 Å². The van der Waals surface area contributed by atoms with E-state index in [1.165, 1.54) is 0 Å². The number of likely N-dealkylation sites (tertiary alicyclic amines) is 1. The Labute approximate surface area is 89.0 Å². The number of furan rings is 1. The number of carbonyl (C=O) groups excluding carboxylic acids is 1. The molecule has 0 unspecified atom stereocenters. The second-order valence-corrected chi connectivity index (χ2v) is 4.04. The first-order valence-electron chi connectivity index (χ1n) is 5.27. The first-order chi connectivity index (χ1) is 7.18. The first kappa shape index (κ1) is 10.2. The van der Waals surface area contributed by atoms with Gasteiger partial charge in [-0.1, -0.05) is 0 Å². The van der Waals surface area contributed by atoms with E-state index >= 15 is 0 Å².